The molecule has 1 saturated heterocycles. The molecule has 27 heavy (non-hydrogen) atoms. The lowest BCUT2D eigenvalue weighted by atomic mass is 10.2. The van der Waals surface area contributed by atoms with E-state index in [9.17, 15) is 9.59 Å². The van der Waals surface area contributed by atoms with Crippen LogP contribution in [0, 0.1) is 0 Å². The van der Waals surface area contributed by atoms with E-state index in [4.69, 9.17) is 5.73 Å². The number of anilines is 2. The maximum Gasteiger partial charge on any atom is 0.316 e. The van der Waals surface area contributed by atoms with Gasteiger partial charge in [-0.15, -0.1) is 0 Å². The van der Waals surface area contributed by atoms with Crippen LogP contribution in [0.1, 0.15) is 10.4 Å². The summed E-state index contributed by atoms with van der Waals surface area (Å²) in [6.07, 6.45) is 0. The van der Waals surface area contributed by atoms with Crippen molar-refractivity contribution < 1.29 is 9.59 Å². The number of carbonyl (C=O) groups is 2. The SMILES string of the molecule is NC(=O)Nc1ccc(C(=O)NCCN2CCN(c3ccccc3)CC2)cc1. The largest absolute Gasteiger partial charge is 0.369 e. The Hall–Kier alpha value is -3.06. The second-order valence-corrected chi connectivity index (χ2v) is 6.49. The zero-order valence-corrected chi connectivity index (χ0v) is 15.2. The molecule has 2 aromatic rings. The van der Waals surface area contributed by atoms with Crippen molar-refractivity contribution in [1.29, 1.82) is 0 Å². The van der Waals surface area contributed by atoms with Crippen molar-refractivity contribution in [2.24, 2.45) is 5.73 Å². The molecule has 1 aliphatic heterocycles. The molecule has 3 amide bonds. The van der Waals surface area contributed by atoms with Gasteiger partial charge in [0.05, 0.1) is 0 Å². The van der Waals surface area contributed by atoms with Gasteiger partial charge in [0, 0.05) is 56.2 Å². The normalized spacial score (nSPS) is 14.6. The van der Waals surface area contributed by atoms with Crippen molar-refractivity contribution >= 4 is 23.3 Å². The van der Waals surface area contributed by atoms with Gasteiger partial charge in [0.1, 0.15) is 0 Å². The number of piperazine rings is 1. The van der Waals surface area contributed by atoms with E-state index < -0.39 is 6.03 Å². The molecule has 1 aliphatic rings. The summed E-state index contributed by atoms with van der Waals surface area (Å²) in [5, 5.41) is 5.41. The molecule has 0 unspecified atom stereocenters. The van der Waals surface area contributed by atoms with Gasteiger partial charge in [0.2, 0.25) is 0 Å². The second-order valence-electron chi connectivity index (χ2n) is 6.49. The van der Waals surface area contributed by atoms with E-state index in [0.29, 0.717) is 17.8 Å². The minimum absolute atomic E-state index is 0.122. The molecular formula is C20H25N5O2. The summed E-state index contributed by atoms with van der Waals surface area (Å²) < 4.78 is 0. The fourth-order valence-electron chi connectivity index (χ4n) is 3.15. The Bertz CT molecular complexity index is 756. The summed E-state index contributed by atoms with van der Waals surface area (Å²) in [6, 6.07) is 16.5. The van der Waals surface area contributed by atoms with Gasteiger partial charge in [-0.3, -0.25) is 9.69 Å². The Kier molecular flexibility index (Phi) is 6.27. The first-order valence-electron chi connectivity index (χ1n) is 9.09. The number of urea groups is 1. The molecule has 3 rings (SSSR count). The van der Waals surface area contributed by atoms with Crippen LogP contribution in [-0.2, 0) is 0 Å². The van der Waals surface area contributed by atoms with Gasteiger partial charge < -0.3 is 21.3 Å². The van der Waals surface area contributed by atoms with Crippen molar-refractivity contribution in [2.75, 3.05) is 49.5 Å². The molecule has 142 valence electrons. The number of hydrogen-bond acceptors (Lipinski definition) is 4. The monoisotopic (exact) mass is 367 g/mol. The highest BCUT2D eigenvalue weighted by Crippen LogP contribution is 2.15. The third-order valence-corrected chi connectivity index (χ3v) is 4.62. The molecule has 7 nitrogen and oxygen atoms in total. The van der Waals surface area contributed by atoms with Gasteiger partial charge >= 0.3 is 6.03 Å². The maximum absolute atomic E-state index is 12.2. The fraction of sp³-hybridized carbons (Fsp3) is 0.300. The van der Waals surface area contributed by atoms with E-state index in [1.807, 2.05) is 6.07 Å². The molecule has 7 heteroatoms. The van der Waals surface area contributed by atoms with Crippen LogP contribution in [0.25, 0.3) is 0 Å². The van der Waals surface area contributed by atoms with E-state index in [-0.39, 0.29) is 5.91 Å². The standard InChI is InChI=1S/C20H25N5O2/c21-20(27)23-17-8-6-16(7-9-17)19(26)22-10-11-24-12-14-25(15-13-24)18-4-2-1-3-5-18/h1-9H,10-15H2,(H,22,26)(H3,21,23,27). The fourth-order valence-corrected chi connectivity index (χ4v) is 3.15. The van der Waals surface area contributed by atoms with Crippen LogP contribution < -0.4 is 21.3 Å². The molecule has 0 bridgehead atoms. The number of carbonyl (C=O) groups excluding carboxylic acids is 2. The van der Waals surface area contributed by atoms with Crippen LogP contribution >= 0.6 is 0 Å². The zero-order chi connectivity index (χ0) is 19.1. The molecular weight excluding hydrogens is 342 g/mol. The summed E-state index contributed by atoms with van der Waals surface area (Å²) in [7, 11) is 0. The van der Waals surface area contributed by atoms with Crippen molar-refractivity contribution in [3.63, 3.8) is 0 Å². The number of hydrogen-bond donors (Lipinski definition) is 3. The van der Waals surface area contributed by atoms with Crippen LogP contribution in [0.5, 0.6) is 0 Å². The highest BCUT2D eigenvalue weighted by molar-refractivity contribution is 5.95. The van der Waals surface area contributed by atoms with Gasteiger partial charge in [-0.05, 0) is 36.4 Å². The van der Waals surface area contributed by atoms with E-state index in [0.717, 1.165) is 32.7 Å². The maximum atomic E-state index is 12.2. The van der Waals surface area contributed by atoms with E-state index in [2.05, 4.69) is 44.7 Å². The molecule has 1 heterocycles. The summed E-state index contributed by atoms with van der Waals surface area (Å²) in [4.78, 5) is 27.8. The van der Waals surface area contributed by atoms with E-state index >= 15 is 0 Å². The third kappa shape index (κ3) is 5.46. The predicted molar refractivity (Wildman–Crippen MR) is 107 cm³/mol. The Balaban J connectivity index is 1.39. The molecule has 0 radical (unpaired) electrons. The molecule has 1 fully saturated rings. The van der Waals surface area contributed by atoms with Crippen molar-refractivity contribution in [3.05, 3.63) is 60.2 Å². The lowest BCUT2D eigenvalue weighted by Gasteiger charge is -2.36. The molecule has 0 atom stereocenters. The lowest BCUT2D eigenvalue weighted by molar-refractivity contribution is 0.0948. The first-order chi connectivity index (χ1) is 13.1. The molecule has 0 spiro atoms. The lowest BCUT2D eigenvalue weighted by Crippen LogP contribution is -2.48. The van der Waals surface area contributed by atoms with Gasteiger partial charge in [0.25, 0.3) is 5.91 Å². The Labute approximate surface area is 159 Å². The van der Waals surface area contributed by atoms with Crippen LogP contribution in [0.2, 0.25) is 0 Å². The van der Waals surface area contributed by atoms with Crippen LogP contribution in [-0.4, -0.2) is 56.1 Å². The molecule has 0 saturated carbocycles. The van der Waals surface area contributed by atoms with Crippen molar-refractivity contribution in [2.45, 2.75) is 0 Å². The Morgan fingerprint density at radius 2 is 1.59 bits per heavy atom. The summed E-state index contributed by atoms with van der Waals surface area (Å²) in [5.74, 6) is -0.122. The minimum Gasteiger partial charge on any atom is -0.369 e. The Morgan fingerprint density at radius 3 is 2.22 bits per heavy atom. The quantitative estimate of drug-likeness (QED) is 0.725. The van der Waals surface area contributed by atoms with Gasteiger partial charge in [-0.1, -0.05) is 18.2 Å². The number of nitrogens with two attached hydrogens (primary N) is 1. The van der Waals surface area contributed by atoms with Crippen LogP contribution in [0.3, 0.4) is 0 Å². The smallest absolute Gasteiger partial charge is 0.316 e. The second kappa shape index (κ2) is 9.05. The first-order valence-corrected chi connectivity index (χ1v) is 9.09. The molecule has 4 N–H and O–H groups in total. The first kappa shape index (κ1) is 18.7. The number of nitrogens with one attached hydrogen (secondary N) is 2. The average Bonchev–Trinajstić information content (AvgIpc) is 2.69. The summed E-state index contributed by atoms with van der Waals surface area (Å²) in [6.45, 7) is 5.39. The summed E-state index contributed by atoms with van der Waals surface area (Å²) >= 11 is 0. The van der Waals surface area contributed by atoms with Crippen molar-refractivity contribution in [3.8, 4) is 0 Å². The molecule has 0 aromatic heterocycles. The zero-order valence-electron chi connectivity index (χ0n) is 15.2. The number of primary amides is 1. The number of nitrogens with zero attached hydrogens (tertiary/aromatic N) is 2. The highest BCUT2D eigenvalue weighted by Gasteiger charge is 2.16. The number of para-hydroxylation sites is 1. The number of benzene rings is 2. The van der Waals surface area contributed by atoms with Crippen LogP contribution in [0.4, 0.5) is 16.2 Å². The van der Waals surface area contributed by atoms with E-state index in [1.165, 1.54) is 5.69 Å². The third-order valence-electron chi connectivity index (χ3n) is 4.62. The Morgan fingerprint density at radius 1 is 0.926 bits per heavy atom. The molecule has 0 aliphatic carbocycles. The highest BCUT2D eigenvalue weighted by atomic mass is 16.2. The van der Waals surface area contributed by atoms with Crippen molar-refractivity contribution in [1.82, 2.24) is 10.2 Å². The topological polar surface area (TPSA) is 90.7 Å². The number of rotatable bonds is 6. The van der Waals surface area contributed by atoms with Gasteiger partial charge in [-0.25, -0.2) is 4.79 Å². The number of amides is 3. The summed E-state index contributed by atoms with van der Waals surface area (Å²) in [5.41, 5.74) is 7.45. The van der Waals surface area contributed by atoms with Gasteiger partial charge in [-0.2, -0.15) is 0 Å². The van der Waals surface area contributed by atoms with Crippen LogP contribution in [0.15, 0.2) is 54.6 Å². The molecule has 2 aromatic carbocycles. The minimum atomic E-state index is -0.625. The van der Waals surface area contributed by atoms with E-state index in [1.54, 1.807) is 24.3 Å². The predicted octanol–water partition coefficient (Wildman–Crippen LogP) is 1.73. The average molecular weight is 367 g/mol. The van der Waals surface area contributed by atoms with Gasteiger partial charge in [0.15, 0.2) is 0 Å².